The average molecular weight is 288 g/mol. The van der Waals surface area contributed by atoms with Crippen LogP contribution >= 0.6 is 11.6 Å². The molecular weight excluding hydrogens is 270 g/mol. The Balaban J connectivity index is 2.20. The summed E-state index contributed by atoms with van der Waals surface area (Å²) < 4.78 is 0. The Labute approximate surface area is 125 Å². The Kier molecular flexibility index (Phi) is 4.94. The maximum atomic E-state index is 12.6. The molecule has 2 rings (SSSR count). The minimum absolute atomic E-state index is 0.121. The van der Waals surface area contributed by atoms with E-state index in [9.17, 15) is 4.79 Å². The minimum atomic E-state index is -0.168. The molecular formula is C17H18ClNO. The van der Waals surface area contributed by atoms with Gasteiger partial charge in [-0.3, -0.25) is 9.69 Å². The van der Waals surface area contributed by atoms with Crippen molar-refractivity contribution in [1.82, 2.24) is 4.90 Å². The van der Waals surface area contributed by atoms with Gasteiger partial charge >= 0.3 is 0 Å². The van der Waals surface area contributed by atoms with Gasteiger partial charge in [-0.2, -0.15) is 0 Å². The van der Waals surface area contributed by atoms with E-state index in [4.69, 9.17) is 11.6 Å². The standard InChI is InChI=1S/C17H18ClNO/c1-19(2)16(12-13-6-4-3-5-7-13)17(20)14-8-10-15(18)11-9-14/h3-11,16H,12H2,1-2H3/t16-/m0/s1. The number of likely N-dealkylation sites (N-methyl/N-ethyl adjacent to an activating group) is 1. The van der Waals surface area contributed by atoms with Crippen molar-refractivity contribution in [2.24, 2.45) is 0 Å². The van der Waals surface area contributed by atoms with Crippen molar-refractivity contribution >= 4 is 17.4 Å². The molecule has 1 atom stereocenters. The molecule has 2 aromatic carbocycles. The number of hydrogen-bond donors (Lipinski definition) is 0. The molecule has 0 aliphatic carbocycles. The fraction of sp³-hybridized carbons (Fsp3) is 0.235. The SMILES string of the molecule is CN(C)[C@@H](Cc1ccccc1)C(=O)c1ccc(Cl)cc1. The van der Waals surface area contributed by atoms with Crippen molar-refractivity contribution in [3.05, 3.63) is 70.7 Å². The summed E-state index contributed by atoms with van der Waals surface area (Å²) in [7, 11) is 3.86. The highest BCUT2D eigenvalue weighted by Crippen LogP contribution is 2.15. The number of rotatable bonds is 5. The van der Waals surface area contributed by atoms with E-state index in [1.165, 1.54) is 0 Å². The number of carbonyl (C=O) groups excluding carboxylic acids is 1. The number of carbonyl (C=O) groups is 1. The Bertz CT molecular complexity index is 563. The number of nitrogens with zero attached hydrogens (tertiary/aromatic N) is 1. The summed E-state index contributed by atoms with van der Waals surface area (Å²) >= 11 is 5.87. The van der Waals surface area contributed by atoms with E-state index < -0.39 is 0 Å². The molecule has 0 bridgehead atoms. The summed E-state index contributed by atoms with van der Waals surface area (Å²) in [6.45, 7) is 0. The summed E-state index contributed by atoms with van der Waals surface area (Å²) in [5, 5.41) is 0.644. The number of ketones is 1. The largest absolute Gasteiger partial charge is 0.299 e. The molecule has 0 heterocycles. The van der Waals surface area contributed by atoms with E-state index in [1.807, 2.05) is 49.3 Å². The lowest BCUT2D eigenvalue weighted by Gasteiger charge is -2.23. The molecule has 0 spiro atoms. The van der Waals surface area contributed by atoms with Crippen LogP contribution in [0, 0.1) is 0 Å². The van der Waals surface area contributed by atoms with Gasteiger partial charge in [-0.15, -0.1) is 0 Å². The molecule has 0 saturated heterocycles. The van der Waals surface area contributed by atoms with Crippen molar-refractivity contribution in [3.63, 3.8) is 0 Å². The van der Waals surface area contributed by atoms with Crippen molar-refractivity contribution in [2.45, 2.75) is 12.5 Å². The Hall–Kier alpha value is -1.64. The van der Waals surface area contributed by atoms with Gasteiger partial charge in [-0.1, -0.05) is 41.9 Å². The lowest BCUT2D eigenvalue weighted by atomic mass is 9.97. The Morgan fingerprint density at radius 3 is 2.20 bits per heavy atom. The zero-order valence-corrected chi connectivity index (χ0v) is 12.5. The van der Waals surface area contributed by atoms with Gasteiger partial charge < -0.3 is 0 Å². The monoisotopic (exact) mass is 287 g/mol. The molecule has 0 unspecified atom stereocenters. The molecule has 0 aromatic heterocycles. The predicted molar refractivity (Wildman–Crippen MR) is 83.4 cm³/mol. The molecule has 0 amide bonds. The fourth-order valence-electron chi connectivity index (χ4n) is 2.15. The topological polar surface area (TPSA) is 20.3 Å². The zero-order valence-electron chi connectivity index (χ0n) is 11.7. The molecule has 2 aromatic rings. The van der Waals surface area contributed by atoms with E-state index in [0.717, 1.165) is 5.56 Å². The van der Waals surface area contributed by atoms with Crippen LogP contribution in [0.3, 0.4) is 0 Å². The van der Waals surface area contributed by atoms with Crippen molar-refractivity contribution in [2.75, 3.05) is 14.1 Å². The van der Waals surface area contributed by atoms with Crippen LogP contribution < -0.4 is 0 Å². The van der Waals surface area contributed by atoms with Gasteiger partial charge in [0.25, 0.3) is 0 Å². The molecule has 2 nitrogen and oxygen atoms in total. The highest BCUT2D eigenvalue weighted by Gasteiger charge is 2.22. The number of Topliss-reactive ketones (excluding diaryl/α,β-unsaturated/α-hetero) is 1. The summed E-state index contributed by atoms with van der Waals surface area (Å²) in [5.74, 6) is 0.121. The third-order valence-corrected chi connectivity index (χ3v) is 3.58. The molecule has 0 radical (unpaired) electrons. The lowest BCUT2D eigenvalue weighted by molar-refractivity contribution is 0.0875. The van der Waals surface area contributed by atoms with Gasteiger partial charge in [0.1, 0.15) is 0 Å². The third-order valence-electron chi connectivity index (χ3n) is 3.33. The van der Waals surface area contributed by atoms with E-state index in [2.05, 4.69) is 0 Å². The molecule has 0 N–H and O–H groups in total. The van der Waals surface area contributed by atoms with E-state index in [0.29, 0.717) is 17.0 Å². The van der Waals surface area contributed by atoms with Crippen molar-refractivity contribution in [1.29, 1.82) is 0 Å². The Morgan fingerprint density at radius 2 is 1.65 bits per heavy atom. The first-order chi connectivity index (χ1) is 9.58. The van der Waals surface area contributed by atoms with Crippen molar-refractivity contribution < 1.29 is 4.79 Å². The summed E-state index contributed by atoms with van der Waals surface area (Å²) in [6.07, 6.45) is 0.704. The molecule has 20 heavy (non-hydrogen) atoms. The maximum absolute atomic E-state index is 12.6. The van der Waals surface area contributed by atoms with E-state index in [1.54, 1.807) is 24.3 Å². The van der Waals surface area contributed by atoms with E-state index in [-0.39, 0.29) is 11.8 Å². The summed E-state index contributed by atoms with van der Waals surface area (Å²) in [6, 6.07) is 17.0. The normalized spacial score (nSPS) is 12.4. The van der Waals surface area contributed by atoms with E-state index >= 15 is 0 Å². The van der Waals surface area contributed by atoms with Crippen LogP contribution in [0.15, 0.2) is 54.6 Å². The van der Waals surface area contributed by atoms with Crippen LogP contribution in [0.5, 0.6) is 0 Å². The highest BCUT2D eigenvalue weighted by atomic mass is 35.5. The van der Waals surface area contributed by atoms with Gasteiger partial charge in [0.2, 0.25) is 0 Å². The summed E-state index contributed by atoms with van der Waals surface area (Å²) in [4.78, 5) is 14.6. The molecule has 0 saturated carbocycles. The lowest BCUT2D eigenvalue weighted by Crippen LogP contribution is -2.37. The second-order valence-corrected chi connectivity index (χ2v) is 5.48. The quantitative estimate of drug-likeness (QED) is 0.782. The van der Waals surface area contributed by atoms with Gasteiger partial charge in [0.15, 0.2) is 5.78 Å². The van der Waals surface area contributed by atoms with Gasteiger partial charge in [-0.05, 0) is 50.3 Å². The molecule has 0 aliphatic rings. The van der Waals surface area contributed by atoms with Gasteiger partial charge in [0, 0.05) is 10.6 Å². The average Bonchev–Trinajstić information content (AvgIpc) is 2.45. The van der Waals surface area contributed by atoms with Gasteiger partial charge in [-0.25, -0.2) is 0 Å². The van der Waals surface area contributed by atoms with Crippen LogP contribution in [0.25, 0.3) is 0 Å². The first-order valence-electron chi connectivity index (χ1n) is 6.58. The first kappa shape index (κ1) is 14.8. The van der Waals surface area contributed by atoms with Crippen molar-refractivity contribution in [3.8, 4) is 0 Å². The number of halogens is 1. The van der Waals surface area contributed by atoms with Crippen LogP contribution in [0.2, 0.25) is 5.02 Å². The molecule has 0 fully saturated rings. The van der Waals surface area contributed by atoms with Crippen LogP contribution in [0.1, 0.15) is 15.9 Å². The molecule has 3 heteroatoms. The molecule has 0 aliphatic heterocycles. The maximum Gasteiger partial charge on any atom is 0.180 e. The Morgan fingerprint density at radius 1 is 1.05 bits per heavy atom. The third kappa shape index (κ3) is 3.69. The van der Waals surface area contributed by atoms with Crippen LogP contribution in [-0.4, -0.2) is 30.8 Å². The number of benzene rings is 2. The van der Waals surface area contributed by atoms with Crippen LogP contribution in [-0.2, 0) is 6.42 Å². The minimum Gasteiger partial charge on any atom is -0.299 e. The highest BCUT2D eigenvalue weighted by molar-refractivity contribution is 6.30. The smallest absolute Gasteiger partial charge is 0.180 e. The first-order valence-corrected chi connectivity index (χ1v) is 6.96. The second-order valence-electron chi connectivity index (χ2n) is 5.04. The summed E-state index contributed by atoms with van der Waals surface area (Å²) in [5.41, 5.74) is 1.86. The zero-order chi connectivity index (χ0) is 14.5. The second kappa shape index (κ2) is 6.69. The van der Waals surface area contributed by atoms with Crippen LogP contribution in [0.4, 0.5) is 0 Å². The predicted octanol–water partition coefficient (Wildman–Crippen LogP) is 3.70. The molecule has 104 valence electrons. The van der Waals surface area contributed by atoms with Gasteiger partial charge in [0.05, 0.1) is 6.04 Å². The number of hydrogen-bond acceptors (Lipinski definition) is 2. The fourth-order valence-corrected chi connectivity index (χ4v) is 2.28.